The number of carbonyl (C=O) groups excluding carboxylic acids is 1. The molecule has 0 heterocycles. The average Bonchev–Trinajstić information content (AvgIpc) is 2.74. The van der Waals surface area contributed by atoms with Crippen molar-refractivity contribution in [2.75, 3.05) is 19.7 Å². The predicted molar refractivity (Wildman–Crippen MR) is 114 cm³/mol. The second kappa shape index (κ2) is 9.72. The van der Waals surface area contributed by atoms with Crippen molar-refractivity contribution in [2.24, 2.45) is 5.73 Å². The molecule has 0 radical (unpaired) electrons. The SMILES string of the molecule is CC(CNCCOc1ccc(-c2cccc(C(N)=O)c2)cc1)c1ccccc1. The summed E-state index contributed by atoms with van der Waals surface area (Å²) in [5, 5.41) is 3.44. The Morgan fingerprint density at radius 3 is 2.43 bits per heavy atom. The molecule has 3 aromatic carbocycles. The first-order valence-corrected chi connectivity index (χ1v) is 9.52. The zero-order valence-electron chi connectivity index (χ0n) is 16.1. The van der Waals surface area contributed by atoms with E-state index in [1.807, 2.05) is 42.5 Å². The molecule has 0 aliphatic rings. The van der Waals surface area contributed by atoms with E-state index in [-0.39, 0.29) is 0 Å². The van der Waals surface area contributed by atoms with E-state index in [1.54, 1.807) is 12.1 Å². The Bertz CT molecular complexity index is 892. The molecule has 4 heteroatoms. The number of benzene rings is 3. The van der Waals surface area contributed by atoms with E-state index in [4.69, 9.17) is 10.5 Å². The second-order valence-corrected chi connectivity index (χ2v) is 6.83. The smallest absolute Gasteiger partial charge is 0.248 e. The molecule has 1 unspecified atom stereocenters. The number of hydrogen-bond donors (Lipinski definition) is 2. The quantitative estimate of drug-likeness (QED) is 0.551. The topological polar surface area (TPSA) is 64.3 Å². The van der Waals surface area contributed by atoms with E-state index < -0.39 is 5.91 Å². The zero-order valence-corrected chi connectivity index (χ0v) is 16.1. The number of carbonyl (C=O) groups is 1. The maximum Gasteiger partial charge on any atom is 0.248 e. The summed E-state index contributed by atoms with van der Waals surface area (Å²) in [4.78, 5) is 11.3. The highest BCUT2D eigenvalue weighted by atomic mass is 16.5. The normalized spacial score (nSPS) is 11.8. The zero-order chi connectivity index (χ0) is 19.8. The molecule has 144 valence electrons. The molecule has 0 aromatic heterocycles. The Morgan fingerprint density at radius 1 is 0.964 bits per heavy atom. The summed E-state index contributed by atoms with van der Waals surface area (Å²) < 4.78 is 5.81. The fourth-order valence-electron chi connectivity index (χ4n) is 3.05. The largest absolute Gasteiger partial charge is 0.492 e. The van der Waals surface area contributed by atoms with E-state index in [0.717, 1.165) is 30.0 Å². The maximum atomic E-state index is 11.3. The number of ether oxygens (including phenoxy) is 1. The Hall–Kier alpha value is -3.11. The maximum absolute atomic E-state index is 11.3. The van der Waals surface area contributed by atoms with Crippen molar-refractivity contribution in [2.45, 2.75) is 12.8 Å². The molecule has 3 rings (SSSR count). The van der Waals surface area contributed by atoms with Gasteiger partial charge in [0.1, 0.15) is 12.4 Å². The molecule has 0 aliphatic carbocycles. The first-order valence-electron chi connectivity index (χ1n) is 9.52. The van der Waals surface area contributed by atoms with Gasteiger partial charge < -0.3 is 15.8 Å². The number of rotatable bonds is 9. The molecule has 0 aliphatic heterocycles. The molecule has 1 amide bonds. The average molecular weight is 374 g/mol. The van der Waals surface area contributed by atoms with E-state index >= 15 is 0 Å². The van der Waals surface area contributed by atoms with Gasteiger partial charge in [-0.2, -0.15) is 0 Å². The first kappa shape index (κ1) is 19.6. The molecule has 3 N–H and O–H groups in total. The van der Waals surface area contributed by atoms with Crippen molar-refractivity contribution in [1.29, 1.82) is 0 Å². The predicted octanol–water partition coefficient (Wildman–Crippen LogP) is 4.22. The van der Waals surface area contributed by atoms with E-state index in [1.165, 1.54) is 5.56 Å². The molecular weight excluding hydrogens is 348 g/mol. The van der Waals surface area contributed by atoms with E-state index in [0.29, 0.717) is 18.1 Å². The van der Waals surface area contributed by atoms with Crippen molar-refractivity contribution >= 4 is 5.91 Å². The van der Waals surface area contributed by atoms with Gasteiger partial charge in [-0.15, -0.1) is 0 Å². The summed E-state index contributed by atoms with van der Waals surface area (Å²) >= 11 is 0. The van der Waals surface area contributed by atoms with Crippen LogP contribution in [0.25, 0.3) is 11.1 Å². The van der Waals surface area contributed by atoms with Crippen molar-refractivity contribution in [3.63, 3.8) is 0 Å². The summed E-state index contributed by atoms with van der Waals surface area (Å²) in [6, 6.07) is 25.7. The Kier molecular flexibility index (Phi) is 6.82. The van der Waals surface area contributed by atoms with Crippen LogP contribution in [0.5, 0.6) is 5.75 Å². The van der Waals surface area contributed by atoms with Gasteiger partial charge in [-0.3, -0.25) is 4.79 Å². The highest BCUT2D eigenvalue weighted by Gasteiger charge is 2.05. The lowest BCUT2D eigenvalue weighted by Gasteiger charge is -2.13. The molecular formula is C24H26N2O2. The van der Waals surface area contributed by atoms with Crippen LogP contribution >= 0.6 is 0 Å². The Labute approximate surface area is 166 Å². The summed E-state index contributed by atoms with van der Waals surface area (Å²) in [6.45, 7) is 4.54. The van der Waals surface area contributed by atoms with Gasteiger partial charge in [0.2, 0.25) is 5.91 Å². The molecule has 0 saturated carbocycles. The Morgan fingerprint density at radius 2 is 1.71 bits per heavy atom. The summed E-state index contributed by atoms with van der Waals surface area (Å²) in [6.07, 6.45) is 0. The van der Waals surface area contributed by atoms with Crippen molar-refractivity contribution < 1.29 is 9.53 Å². The van der Waals surface area contributed by atoms with Crippen LogP contribution in [0.3, 0.4) is 0 Å². The number of amides is 1. The molecule has 28 heavy (non-hydrogen) atoms. The minimum absolute atomic E-state index is 0.420. The van der Waals surface area contributed by atoms with Gasteiger partial charge in [0.05, 0.1) is 0 Å². The summed E-state index contributed by atoms with van der Waals surface area (Å²) in [5.41, 5.74) is 9.18. The van der Waals surface area contributed by atoms with Crippen LogP contribution in [0.15, 0.2) is 78.9 Å². The fraction of sp³-hybridized carbons (Fsp3) is 0.208. The number of nitrogens with two attached hydrogens (primary N) is 1. The molecule has 0 bridgehead atoms. The molecule has 1 atom stereocenters. The molecule has 3 aromatic rings. The number of primary amides is 1. The third-order valence-corrected chi connectivity index (χ3v) is 4.70. The van der Waals surface area contributed by atoms with Crippen LogP contribution in [-0.4, -0.2) is 25.6 Å². The van der Waals surface area contributed by atoms with Crippen molar-refractivity contribution in [3.05, 3.63) is 90.0 Å². The van der Waals surface area contributed by atoms with E-state index in [2.05, 4.69) is 36.5 Å². The van der Waals surface area contributed by atoms with Crippen LogP contribution in [0, 0.1) is 0 Å². The lowest BCUT2D eigenvalue weighted by molar-refractivity contribution is 0.100. The van der Waals surface area contributed by atoms with Crippen molar-refractivity contribution in [3.8, 4) is 16.9 Å². The van der Waals surface area contributed by atoms with E-state index in [9.17, 15) is 4.79 Å². The first-order chi connectivity index (χ1) is 13.6. The lowest BCUT2D eigenvalue weighted by atomic mass is 10.0. The number of nitrogens with one attached hydrogen (secondary N) is 1. The standard InChI is InChI=1S/C24H26N2O2/c1-18(19-6-3-2-4-7-19)17-26-14-15-28-23-12-10-20(11-13-23)21-8-5-9-22(16-21)24(25)27/h2-13,16,18,26H,14-15,17H2,1H3,(H2,25,27). The minimum Gasteiger partial charge on any atom is -0.492 e. The summed E-state index contributed by atoms with van der Waals surface area (Å²) in [7, 11) is 0. The van der Waals surface area contributed by atoms with Crippen LogP contribution in [-0.2, 0) is 0 Å². The van der Waals surface area contributed by atoms with Gasteiger partial charge in [-0.25, -0.2) is 0 Å². The molecule has 0 saturated heterocycles. The minimum atomic E-state index is -0.420. The van der Waals surface area contributed by atoms with Crippen LogP contribution in [0.4, 0.5) is 0 Å². The number of hydrogen-bond acceptors (Lipinski definition) is 3. The monoisotopic (exact) mass is 374 g/mol. The lowest BCUT2D eigenvalue weighted by Crippen LogP contribution is -2.25. The third-order valence-electron chi connectivity index (χ3n) is 4.70. The molecule has 0 spiro atoms. The highest BCUT2D eigenvalue weighted by molar-refractivity contribution is 5.94. The van der Waals surface area contributed by atoms with Crippen LogP contribution < -0.4 is 15.8 Å². The Balaban J connectivity index is 1.45. The van der Waals surface area contributed by atoms with Gasteiger partial charge in [0.25, 0.3) is 0 Å². The highest BCUT2D eigenvalue weighted by Crippen LogP contribution is 2.23. The molecule has 4 nitrogen and oxygen atoms in total. The second-order valence-electron chi connectivity index (χ2n) is 6.83. The van der Waals surface area contributed by atoms with Gasteiger partial charge >= 0.3 is 0 Å². The fourth-order valence-corrected chi connectivity index (χ4v) is 3.05. The molecule has 0 fully saturated rings. The third kappa shape index (κ3) is 5.44. The van der Waals surface area contributed by atoms with Crippen LogP contribution in [0.1, 0.15) is 28.8 Å². The van der Waals surface area contributed by atoms with Gasteiger partial charge in [0, 0.05) is 18.7 Å². The van der Waals surface area contributed by atoms with Gasteiger partial charge in [-0.05, 0) is 46.9 Å². The van der Waals surface area contributed by atoms with Crippen LogP contribution in [0.2, 0.25) is 0 Å². The van der Waals surface area contributed by atoms with Gasteiger partial charge in [0.15, 0.2) is 0 Å². The van der Waals surface area contributed by atoms with Crippen molar-refractivity contribution in [1.82, 2.24) is 5.32 Å². The summed E-state index contributed by atoms with van der Waals surface area (Å²) in [5.74, 6) is 0.875. The van der Waals surface area contributed by atoms with Gasteiger partial charge in [-0.1, -0.05) is 61.5 Å².